The molecule has 2 aromatic carbocycles. The van der Waals surface area contributed by atoms with Crippen molar-refractivity contribution in [2.75, 3.05) is 4.72 Å². The number of rotatable bonds is 5. The summed E-state index contributed by atoms with van der Waals surface area (Å²) in [6.07, 6.45) is 0. The van der Waals surface area contributed by atoms with Crippen LogP contribution in [0.3, 0.4) is 0 Å². The van der Waals surface area contributed by atoms with Crippen LogP contribution in [0.1, 0.15) is 5.56 Å². The van der Waals surface area contributed by atoms with Gasteiger partial charge in [-0.15, -0.1) is 0 Å². The molecular formula is C14H11BrF3NO2S2. The Morgan fingerprint density at radius 2 is 1.57 bits per heavy atom. The predicted molar refractivity (Wildman–Crippen MR) is 88.2 cm³/mol. The molecule has 0 aliphatic rings. The molecule has 23 heavy (non-hydrogen) atoms. The van der Waals surface area contributed by atoms with Crippen molar-refractivity contribution >= 4 is 43.4 Å². The van der Waals surface area contributed by atoms with Crippen LogP contribution in [0.5, 0.6) is 0 Å². The van der Waals surface area contributed by atoms with Crippen LogP contribution in [0, 0.1) is 0 Å². The fourth-order valence-electron chi connectivity index (χ4n) is 1.70. The van der Waals surface area contributed by atoms with Gasteiger partial charge in [0.25, 0.3) is 10.0 Å². The van der Waals surface area contributed by atoms with E-state index in [2.05, 4.69) is 20.7 Å². The highest BCUT2D eigenvalue weighted by Crippen LogP contribution is 2.37. The van der Waals surface area contributed by atoms with Crippen molar-refractivity contribution < 1.29 is 21.6 Å². The van der Waals surface area contributed by atoms with Gasteiger partial charge in [0, 0.05) is 15.9 Å². The molecule has 3 nitrogen and oxygen atoms in total. The molecule has 0 saturated carbocycles. The number of nitrogens with one attached hydrogen (secondary N) is 1. The Bertz CT molecular complexity index is 760. The molecule has 0 radical (unpaired) electrons. The molecular weight excluding hydrogens is 415 g/mol. The Balaban J connectivity index is 2.13. The molecule has 0 aliphatic heterocycles. The SMILES string of the molecule is O=S(=O)(Nc1ccc(SC(F)(F)F)cc1)c1ccc(CBr)cc1. The van der Waals surface area contributed by atoms with E-state index >= 15 is 0 Å². The normalized spacial score (nSPS) is 12.2. The van der Waals surface area contributed by atoms with Crippen molar-refractivity contribution in [1.29, 1.82) is 0 Å². The monoisotopic (exact) mass is 425 g/mol. The number of hydrogen-bond donors (Lipinski definition) is 1. The number of sulfonamides is 1. The van der Waals surface area contributed by atoms with Gasteiger partial charge in [-0.25, -0.2) is 8.42 Å². The van der Waals surface area contributed by atoms with Gasteiger partial charge in [-0.05, 0) is 53.7 Å². The molecule has 0 atom stereocenters. The molecule has 0 unspecified atom stereocenters. The Kier molecular flexibility index (Phi) is 5.64. The first-order valence-corrected chi connectivity index (χ1v) is 9.65. The second-order valence-electron chi connectivity index (χ2n) is 4.46. The van der Waals surface area contributed by atoms with Crippen LogP contribution in [0.15, 0.2) is 58.3 Å². The number of halogens is 4. The minimum absolute atomic E-state index is 0.0119. The molecule has 9 heteroatoms. The largest absolute Gasteiger partial charge is 0.446 e. The zero-order chi connectivity index (χ0) is 17.1. The zero-order valence-electron chi connectivity index (χ0n) is 11.5. The third-order valence-electron chi connectivity index (χ3n) is 2.73. The standard InChI is InChI=1S/C14H11BrF3NO2S2/c15-9-10-1-7-13(8-2-10)23(20,21)19-11-3-5-12(6-4-11)22-14(16,17)18/h1-8,19H,9H2. The van der Waals surface area contributed by atoms with Crippen LogP contribution in [-0.2, 0) is 15.4 Å². The van der Waals surface area contributed by atoms with Crippen LogP contribution in [-0.4, -0.2) is 13.9 Å². The van der Waals surface area contributed by atoms with E-state index in [0.717, 1.165) is 5.56 Å². The average Bonchev–Trinajstić information content (AvgIpc) is 2.48. The van der Waals surface area contributed by atoms with Crippen LogP contribution >= 0.6 is 27.7 Å². The van der Waals surface area contributed by atoms with Crippen LogP contribution in [0.25, 0.3) is 0 Å². The summed E-state index contributed by atoms with van der Waals surface area (Å²) >= 11 is 3.01. The Morgan fingerprint density at radius 3 is 2.04 bits per heavy atom. The van der Waals surface area contributed by atoms with Crippen LogP contribution in [0.4, 0.5) is 18.9 Å². The van der Waals surface area contributed by atoms with Crippen molar-refractivity contribution in [3.8, 4) is 0 Å². The van der Waals surface area contributed by atoms with Gasteiger partial charge in [0.2, 0.25) is 0 Å². The van der Waals surface area contributed by atoms with E-state index in [4.69, 9.17) is 0 Å². The van der Waals surface area contributed by atoms with Crippen molar-refractivity contribution in [1.82, 2.24) is 0 Å². The van der Waals surface area contributed by atoms with E-state index in [1.165, 1.54) is 36.4 Å². The van der Waals surface area contributed by atoms with Crippen LogP contribution in [0.2, 0.25) is 0 Å². The number of anilines is 1. The molecule has 0 amide bonds. The van der Waals surface area contributed by atoms with E-state index in [1.54, 1.807) is 12.1 Å². The first-order valence-electron chi connectivity index (χ1n) is 6.23. The van der Waals surface area contributed by atoms with Gasteiger partial charge >= 0.3 is 5.51 Å². The van der Waals surface area contributed by atoms with E-state index in [-0.39, 0.29) is 27.2 Å². The quantitative estimate of drug-likeness (QED) is 0.541. The van der Waals surface area contributed by atoms with Crippen molar-refractivity contribution in [3.63, 3.8) is 0 Å². The van der Waals surface area contributed by atoms with E-state index < -0.39 is 15.5 Å². The maximum Gasteiger partial charge on any atom is 0.446 e. The lowest BCUT2D eigenvalue weighted by Gasteiger charge is -2.10. The third-order valence-corrected chi connectivity index (χ3v) is 5.51. The summed E-state index contributed by atoms with van der Waals surface area (Å²) in [7, 11) is -3.78. The van der Waals surface area contributed by atoms with Gasteiger partial charge in [0.1, 0.15) is 0 Å². The first kappa shape index (κ1) is 18.2. The molecule has 0 bridgehead atoms. The molecule has 1 N–H and O–H groups in total. The van der Waals surface area contributed by atoms with E-state index in [1.807, 2.05) is 0 Å². The smallest absolute Gasteiger partial charge is 0.280 e. The van der Waals surface area contributed by atoms with Gasteiger partial charge in [-0.3, -0.25) is 4.72 Å². The van der Waals surface area contributed by atoms with Gasteiger partial charge in [-0.2, -0.15) is 13.2 Å². The predicted octanol–water partition coefficient (Wildman–Crippen LogP) is 4.99. The summed E-state index contributed by atoms with van der Waals surface area (Å²) in [6, 6.07) is 11.3. The molecule has 0 fully saturated rings. The number of alkyl halides is 4. The molecule has 2 rings (SSSR count). The third kappa shape index (κ3) is 5.43. The summed E-state index contributed by atoms with van der Waals surface area (Å²) in [6.45, 7) is 0. The van der Waals surface area contributed by atoms with Gasteiger partial charge < -0.3 is 0 Å². The second-order valence-corrected chi connectivity index (χ2v) is 7.84. The molecule has 0 aliphatic carbocycles. The highest BCUT2D eigenvalue weighted by molar-refractivity contribution is 9.08. The Morgan fingerprint density at radius 1 is 1.00 bits per heavy atom. The lowest BCUT2D eigenvalue weighted by molar-refractivity contribution is -0.0328. The summed E-state index contributed by atoms with van der Waals surface area (Å²) in [5.74, 6) is 0. The fourth-order valence-corrected chi connectivity index (χ4v) is 3.67. The second kappa shape index (κ2) is 7.14. The highest BCUT2D eigenvalue weighted by Gasteiger charge is 2.29. The number of hydrogen-bond acceptors (Lipinski definition) is 3. The minimum atomic E-state index is -4.38. The average molecular weight is 426 g/mol. The van der Waals surface area contributed by atoms with E-state index in [9.17, 15) is 21.6 Å². The summed E-state index contributed by atoms with van der Waals surface area (Å²) in [4.78, 5) is 0.0677. The summed E-state index contributed by atoms with van der Waals surface area (Å²) in [5, 5.41) is 0.610. The number of benzene rings is 2. The summed E-state index contributed by atoms with van der Waals surface area (Å²) < 4.78 is 63.5. The van der Waals surface area contributed by atoms with Crippen molar-refractivity contribution in [3.05, 3.63) is 54.1 Å². The lowest BCUT2D eigenvalue weighted by Crippen LogP contribution is -2.12. The van der Waals surface area contributed by atoms with Gasteiger partial charge in [0.05, 0.1) is 4.90 Å². The molecule has 0 spiro atoms. The van der Waals surface area contributed by atoms with Gasteiger partial charge in [-0.1, -0.05) is 28.1 Å². The summed E-state index contributed by atoms with van der Waals surface area (Å²) in [5.41, 5.74) is -3.25. The van der Waals surface area contributed by atoms with Gasteiger partial charge in [0.15, 0.2) is 0 Å². The molecule has 124 valence electrons. The molecule has 0 aromatic heterocycles. The topological polar surface area (TPSA) is 46.2 Å². The molecule has 0 saturated heterocycles. The highest BCUT2D eigenvalue weighted by atomic mass is 79.9. The first-order chi connectivity index (χ1) is 10.7. The number of thioether (sulfide) groups is 1. The maximum absolute atomic E-state index is 12.2. The van der Waals surface area contributed by atoms with Crippen LogP contribution < -0.4 is 4.72 Å². The fraction of sp³-hybridized carbons (Fsp3) is 0.143. The maximum atomic E-state index is 12.2. The minimum Gasteiger partial charge on any atom is -0.280 e. The molecule has 2 aromatic rings. The zero-order valence-corrected chi connectivity index (χ0v) is 14.7. The lowest BCUT2D eigenvalue weighted by atomic mass is 10.2. The van der Waals surface area contributed by atoms with Crippen molar-refractivity contribution in [2.24, 2.45) is 0 Å². The van der Waals surface area contributed by atoms with E-state index in [0.29, 0.717) is 5.33 Å². The van der Waals surface area contributed by atoms with Crippen molar-refractivity contribution in [2.45, 2.75) is 20.6 Å². The molecule has 0 heterocycles. The Hall–Kier alpha value is -1.19. The Labute approximate surface area is 144 Å².